The maximum absolute atomic E-state index is 11.4. The molecule has 0 aliphatic rings. The zero-order valence-electron chi connectivity index (χ0n) is 8.66. The maximum Gasteiger partial charge on any atom is 0.341 e. The van der Waals surface area contributed by atoms with E-state index in [-0.39, 0.29) is 11.9 Å². The molecule has 14 heavy (non-hydrogen) atoms. The molecule has 3 heteroatoms. The summed E-state index contributed by atoms with van der Waals surface area (Å²) in [5.41, 5.74) is 0.484. The third kappa shape index (κ3) is 1.87. The van der Waals surface area contributed by atoms with Gasteiger partial charge in [0.15, 0.2) is 0 Å². The Hall–Kier alpha value is -1.51. The summed E-state index contributed by atoms with van der Waals surface area (Å²) >= 11 is 0. The van der Waals surface area contributed by atoms with Gasteiger partial charge in [-0.25, -0.2) is 4.79 Å². The first-order valence-electron chi connectivity index (χ1n) is 4.44. The molecule has 3 nitrogen and oxygen atoms in total. The van der Waals surface area contributed by atoms with Crippen molar-refractivity contribution in [1.82, 2.24) is 0 Å². The van der Waals surface area contributed by atoms with E-state index < -0.39 is 0 Å². The molecule has 0 aliphatic carbocycles. The normalized spacial score (nSPS) is 10.3. The lowest BCUT2D eigenvalue weighted by Gasteiger charge is -2.02. The average Bonchev–Trinajstić information content (AvgIpc) is 2.60. The summed E-state index contributed by atoms with van der Waals surface area (Å²) in [4.78, 5) is 11.4. The molecular formula is C11H14O3. The van der Waals surface area contributed by atoms with Crippen LogP contribution in [0.5, 0.6) is 0 Å². The minimum Gasteiger partial charge on any atom is -0.465 e. The molecule has 0 fully saturated rings. The van der Waals surface area contributed by atoms with E-state index in [1.54, 1.807) is 12.1 Å². The molecule has 0 radical (unpaired) electrons. The van der Waals surface area contributed by atoms with Gasteiger partial charge in [0.1, 0.15) is 17.1 Å². The zero-order valence-corrected chi connectivity index (χ0v) is 8.66. The highest BCUT2D eigenvalue weighted by Crippen LogP contribution is 2.24. The van der Waals surface area contributed by atoms with Crippen molar-refractivity contribution in [2.75, 3.05) is 7.11 Å². The van der Waals surface area contributed by atoms with E-state index in [0.29, 0.717) is 17.1 Å². The molecule has 1 heterocycles. The smallest absolute Gasteiger partial charge is 0.341 e. The van der Waals surface area contributed by atoms with Gasteiger partial charge in [-0.05, 0) is 12.1 Å². The van der Waals surface area contributed by atoms with Crippen molar-refractivity contribution < 1.29 is 13.9 Å². The number of carbonyl (C=O) groups excluding carboxylic acids is 1. The minimum absolute atomic E-state index is 0.151. The molecule has 0 aromatic carbocycles. The van der Waals surface area contributed by atoms with Gasteiger partial charge in [-0.3, -0.25) is 0 Å². The number of ether oxygens (including phenoxy) is 1. The maximum atomic E-state index is 11.4. The van der Waals surface area contributed by atoms with Crippen LogP contribution < -0.4 is 0 Å². The average molecular weight is 194 g/mol. The number of methoxy groups -OCH3 is 1. The van der Waals surface area contributed by atoms with E-state index in [9.17, 15) is 4.79 Å². The Morgan fingerprint density at radius 3 is 2.71 bits per heavy atom. The number of furan rings is 1. The summed E-state index contributed by atoms with van der Waals surface area (Å²) < 4.78 is 10.1. The summed E-state index contributed by atoms with van der Waals surface area (Å²) in [6, 6.07) is 1.65. The third-order valence-electron chi connectivity index (χ3n) is 1.91. The lowest BCUT2D eigenvalue weighted by molar-refractivity contribution is 0.0597. The van der Waals surface area contributed by atoms with Crippen molar-refractivity contribution in [1.29, 1.82) is 0 Å². The Morgan fingerprint density at radius 2 is 2.29 bits per heavy atom. The Labute approximate surface area is 83.4 Å². The second-order valence-electron chi connectivity index (χ2n) is 3.28. The summed E-state index contributed by atoms with van der Waals surface area (Å²) in [6.45, 7) is 7.50. The molecule has 0 bridgehead atoms. The highest BCUT2D eigenvalue weighted by Gasteiger charge is 2.19. The van der Waals surface area contributed by atoms with E-state index in [1.807, 2.05) is 13.8 Å². The fraction of sp³-hybridized carbons (Fsp3) is 0.364. The first-order chi connectivity index (χ1) is 6.60. The first-order valence-corrected chi connectivity index (χ1v) is 4.44. The predicted molar refractivity (Wildman–Crippen MR) is 54.2 cm³/mol. The van der Waals surface area contributed by atoms with Gasteiger partial charge in [-0.2, -0.15) is 0 Å². The van der Waals surface area contributed by atoms with Crippen molar-refractivity contribution >= 4 is 12.0 Å². The van der Waals surface area contributed by atoms with Crippen LogP contribution in [0.3, 0.4) is 0 Å². The van der Waals surface area contributed by atoms with Crippen molar-refractivity contribution in [3.05, 3.63) is 29.7 Å². The van der Waals surface area contributed by atoms with Gasteiger partial charge >= 0.3 is 5.97 Å². The van der Waals surface area contributed by atoms with Gasteiger partial charge in [-0.15, -0.1) is 0 Å². The van der Waals surface area contributed by atoms with E-state index >= 15 is 0 Å². The van der Waals surface area contributed by atoms with Crippen molar-refractivity contribution in [2.45, 2.75) is 19.8 Å². The molecule has 0 unspecified atom stereocenters. The molecule has 0 saturated carbocycles. The monoisotopic (exact) mass is 194 g/mol. The van der Waals surface area contributed by atoms with Gasteiger partial charge in [0.2, 0.25) is 0 Å². The van der Waals surface area contributed by atoms with E-state index in [1.165, 1.54) is 7.11 Å². The molecule has 0 atom stereocenters. The number of esters is 1. The number of rotatable bonds is 3. The van der Waals surface area contributed by atoms with Crippen LogP contribution >= 0.6 is 0 Å². The summed E-state index contributed by atoms with van der Waals surface area (Å²) in [5.74, 6) is 1.02. The molecule has 76 valence electrons. The second kappa shape index (κ2) is 4.13. The molecule has 0 spiro atoms. The largest absolute Gasteiger partial charge is 0.465 e. The molecular weight excluding hydrogens is 180 g/mol. The quantitative estimate of drug-likeness (QED) is 0.694. The van der Waals surface area contributed by atoms with Crippen molar-refractivity contribution in [2.24, 2.45) is 0 Å². The Bertz CT molecular complexity index is 347. The van der Waals surface area contributed by atoms with Crippen LogP contribution in [0, 0.1) is 0 Å². The lowest BCUT2D eigenvalue weighted by atomic mass is 10.1. The highest BCUT2D eigenvalue weighted by atomic mass is 16.5. The van der Waals surface area contributed by atoms with Crippen LogP contribution in [-0.4, -0.2) is 13.1 Å². The molecule has 1 aromatic heterocycles. The summed E-state index contributed by atoms with van der Waals surface area (Å²) in [7, 11) is 1.35. The molecule has 0 saturated heterocycles. The third-order valence-corrected chi connectivity index (χ3v) is 1.91. The molecule has 1 aromatic rings. The number of hydrogen-bond donors (Lipinski definition) is 0. The highest BCUT2D eigenvalue weighted by molar-refractivity contribution is 5.91. The van der Waals surface area contributed by atoms with Crippen molar-refractivity contribution in [3.63, 3.8) is 0 Å². The van der Waals surface area contributed by atoms with Gasteiger partial charge in [-0.1, -0.05) is 20.4 Å². The molecule has 0 amide bonds. The van der Waals surface area contributed by atoms with Crippen LogP contribution in [0.2, 0.25) is 0 Å². The predicted octanol–water partition coefficient (Wildman–Crippen LogP) is 2.83. The second-order valence-corrected chi connectivity index (χ2v) is 3.28. The van der Waals surface area contributed by atoms with Crippen LogP contribution in [0.1, 0.15) is 41.6 Å². The number of hydrogen-bond acceptors (Lipinski definition) is 3. The van der Waals surface area contributed by atoms with E-state index in [0.717, 1.165) is 0 Å². The lowest BCUT2D eigenvalue weighted by Crippen LogP contribution is -2.03. The van der Waals surface area contributed by atoms with Crippen molar-refractivity contribution in [3.8, 4) is 0 Å². The molecule has 1 rings (SSSR count). The minimum atomic E-state index is -0.370. The number of carbonyl (C=O) groups is 1. The van der Waals surface area contributed by atoms with Crippen LogP contribution in [0.25, 0.3) is 6.08 Å². The van der Waals surface area contributed by atoms with Gasteiger partial charge in [0.25, 0.3) is 0 Å². The van der Waals surface area contributed by atoms with Crippen LogP contribution in [0.4, 0.5) is 0 Å². The zero-order chi connectivity index (χ0) is 10.7. The summed E-state index contributed by atoms with van der Waals surface area (Å²) in [6.07, 6.45) is 1.57. The fourth-order valence-electron chi connectivity index (χ4n) is 1.22. The molecule has 0 N–H and O–H groups in total. The molecule has 0 aliphatic heterocycles. The van der Waals surface area contributed by atoms with E-state index in [4.69, 9.17) is 4.42 Å². The Kier molecular flexibility index (Phi) is 3.12. The standard InChI is InChI=1S/C11H14O3/c1-5-8-6-9(11(12)13-4)10(14-8)7(2)3/h5-7H,1H2,2-4H3. The summed E-state index contributed by atoms with van der Waals surface area (Å²) in [5, 5.41) is 0. The van der Waals surface area contributed by atoms with Gasteiger partial charge in [0, 0.05) is 5.92 Å². The Morgan fingerprint density at radius 1 is 1.64 bits per heavy atom. The Balaban J connectivity index is 3.18. The van der Waals surface area contributed by atoms with Gasteiger partial charge < -0.3 is 9.15 Å². The SMILES string of the molecule is C=Cc1cc(C(=O)OC)c(C(C)C)o1. The first kappa shape index (κ1) is 10.6. The van der Waals surface area contributed by atoms with Crippen LogP contribution in [0.15, 0.2) is 17.1 Å². The fourth-order valence-corrected chi connectivity index (χ4v) is 1.22. The topological polar surface area (TPSA) is 39.4 Å². The van der Waals surface area contributed by atoms with Gasteiger partial charge in [0.05, 0.1) is 7.11 Å². The van der Waals surface area contributed by atoms with E-state index in [2.05, 4.69) is 11.3 Å². The van der Waals surface area contributed by atoms with Crippen LogP contribution in [-0.2, 0) is 4.74 Å².